The van der Waals surface area contributed by atoms with Gasteiger partial charge in [-0.05, 0) is 63.6 Å². The van der Waals surface area contributed by atoms with Gasteiger partial charge < -0.3 is 19.9 Å². The number of pyridine rings is 1. The summed E-state index contributed by atoms with van der Waals surface area (Å²) in [6.07, 6.45) is -3.92. The number of alkyl halides is 3. The molecule has 0 aliphatic rings. The molecule has 2 aromatic heterocycles. The van der Waals surface area contributed by atoms with Crippen LogP contribution in [0.3, 0.4) is 0 Å². The van der Waals surface area contributed by atoms with Crippen molar-refractivity contribution in [3.63, 3.8) is 0 Å². The molecule has 0 fully saturated rings. The number of aliphatic carboxylic acids is 1. The first kappa shape index (κ1) is 26.7. The molecule has 10 heteroatoms. The first-order valence-corrected chi connectivity index (χ1v) is 11.7. The van der Waals surface area contributed by atoms with Gasteiger partial charge in [0.15, 0.2) is 0 Å². The number of aromatic carboxylic acids is 1. The molecule has 7 nitrogen and oxygen atoms in total. The highest BCUT2D eigenvalue weighted by Crippen LogP contribution is 2.44. The molecule has 2 aromatic carbocycles. The topological polar surface area (TPSA) is 113 Å². The van der Waals surface area contributed by atoms with Crippen LogP contribution in [-0.2, 0) is 16.4 Å². The number of ether oxygens (including phenoxy) is 1. The molecule has 0 saturated carbocycles. The first-order valence-electron chi connectivity index (χ1n) is 11.7. The van der Waals surface area contributed by atoms with Crippen LogP contribution in [0.4, 0.5) is 13.2 Å². The lowest BCUT2D eigenvalue weighted by molar-refractivity contribution is -0.142. The number of nitrogens with one attached hydrogen (secondary N) is 1. The molecule has 0 radical (unpaired) electrons. The Bertz CT molecular complexity index is 1520. The number of rotatable bonds is 7. The van der Waals surface area contributed by atoms with Gasteiger partial charge in [-0.25, -0.2) is 4.79 Å². The van der Waals surface area contributed by atoms with E-state index in [4.69, 9.17) is 4.74 Å². The lowest BCUT2D eigenvalue weighted by Crippen LogP contribution is -2.30. The van der Waals surface area contributed by atoms with E-state index in [2.05, 4.69) is 9.97 Å². The summed E-state index contributed by atoms with van der Waals surface area (Å²) >= 11 is 0. The number of hydrogen-bond donors (Lipinski definition) is 3. The maximum Gasteiger partial charge on any atom is 0.417 e. The monoisotopic (exact) mass is 526 g/mol. The van der Waals surface area contributed by atoms with Crippen molar-refractivity contribution in [3.8, 4) is 28.1 Å². The molecule has 0 spiro atoms. The lowest BCUT2D eigenvalue weighted by Gasteiger charge is -2.22. The van der Waals surface area contributed by atoms with Crippen molar-refractivity contribution >= 4 is 22.8 Å². The van der Waals surface area contributed by atoms with Gasteiger partial charge in [-0.2, -0.15) is 13.2 Å². The van der Waals surface area contributed by atoms with Gasteiger partial charge in [0, 0.05) is 33.8 Å². The lowest BCUT2D eigenvalue weighted by atomic mass is 9.80. The molecule has 198 valence electrons. The molecular formula is C28H25F3N2O5. The van der Waals surface area contributed by atoms with Crippen LogP contribution in [0, 0.1) is 0 Å². The second-order valence-electron chi connectivity index (χ2n) is 9.64. The molecule has 4 aromatic rings. The third kappa shape index (κ3) is 4.81. The van der Waals surface area contributed by atoms with Crippen LogP contribution in [0.25, 0.3) is 33.3 Å². The number of aromatic nitrogens is 2. The Balaban J connectivity index is 2.09. The van der Waals surface area contributed by atoms with Crippen LogP contribution in [-0.4, -0.2) is 38.2 Å². The van der Waals surface area contributed by atoms with Gasteiger partial charge in [-0.3, -0.25) is 9.78 Å². The second-order valence-corrected chi connectivity index (χ2v) is 9.64. The zero-order valence-electron chi connectivity index (χ0n) is 21.0. The predicted octanol–water partition coefficient (Wildman–Crippen LogP) is 6.76. The summed E-state index contributed by atoms with van der Waals surface area (Å²) in [5.74, 6) is -2.01. The standard InChI is InChI=1S/C28H25F3N2O5/c1-14(2)38-17-8-5-15(6-9-17)21-18(19-11-7-16(13-32-19)28(29,30)31)10-12-20-22(21)23(24(33-20)25(34)35)27(3,4)26(36)37/h5-14,33H,1-4H3,(H,34,35)(H,36,37). The number of halogens is 3. The Morgan fingerprint density at radius 3 is 2.13 bits per heavy atom. The predicted molar refractivity (Wildman–Crippen MR) is 135 cm³/mol. The Morgan fingerprint density at radius 1 is 0.974 bits per heavy atom. The van der Waals surface area contributed by atoms with Crippen molar-refractivity contribution in [2.75, 3.05) is 0 Å². The van der Waals surface area contributed by atoms with E-state index in [1.54, 1.807) is 36.4 Å². The summed E-state index contributed by atoms with van der Waals surface area (Å²) in [7, 11) is 0. The molecule has 0 atom stereocenters. The number of H-pyrrole nitrogens is 1. The van der Waals surface area contributed by atoms with E-state index in [0.29, 0.717) is 33.3 Å². The van der Waals surface area contributed by atoms with Gasteiger partial charge in [0.1, 0.15) is 11.4 Å². The smallest absolute Gasteiger partial charge is 0.417 e. The summed E-state index contributed by atoms with van der Waals surface area (Å²) in [5.41, 5.74) is -0.822. The van der Waals surface area contributed by atoms with Crippen molar-refractivity contribution in [1.29, 1.82) is 0 Å². The van der Waals surface area contributed by atoms with E-state index in [1.807, 2.05) is 13.8 Å². The molecule has 2 heterocycles. The van der Waals surface area contributed by atoms with Gasteiger partial charge in [-0.1, -0.05) is 18.2 Å². The minimum absolute atomic E-state index is 0.0405. The van der Waals surface area contributed by atoms with Crippen LogP contribution in [0.2, 0.25) is 0 Å². The second kappa shape index (κ2) is 9.51. The highest BCUT2D eigenvalue weighted by Gasteiger charge is 2.38. The third-order valence-corrected chi connectivity index (χ3v) is 6.22. The van der Waals surface area contributed by atoms with Crippen molar-refractivity contribution in [2.24, 2.45) is 0 Å². The maximum atomic E-state index is 13.2. The number of nitrogens with zero attached hydrogens (tertiary/aromatic N) is 1. The van der Waals surface area contributed by atoms with E-state index in [1.165, 1.54) is 19.9 Å². The number of hydrogen-bond acceptors (Lipinski definition) is 4. The fourth-order valence-corrected chi connectivity index (χ4v) is 4.39. The van der Waals surface area contributed by atoms with E-state index in [0.717, 1.165) is 12.3 Å². The van der Waals surface area contributed by atoms with Gasteiger partial charge in [-0.15, -0.1) is 0 Å². The fraction of sp³-hybridized carbons (Fsp3) is 0.250. The molecule has 0 bridgehead atoms. The van der Waals surface area contributed by atoms with Crippen LogP contribution >= 0.6 is 0 Å². The third-order valence-electron chi connectivity index (χ3n) is 6.22. The molecule has 0 aliphatic carbocycles. The molecule has 4 rings (SSSR count). The molecule has 0 unspecified atom stereocenters. The number of carboxylic acid groups (broad SMARTS) is 2. The maximum absolute atomic E-state index is 13.2. The quantitative estimate of drug-likeness (QED) is 0.245. The summed E-state index contributed by atoms with van der Waals surface area (Å²) in [6, 6.07) is 12.2. The normalized spacial score (nSPS) is 12.2. The van der Waals surface area contributed by atoms with Gasteiger partial charge >= 0.3 is 18.1 Å². The minimum Gasteiger partial charge on any atom is -0.491 e. The van der Waals surface area contributed by atoms with Gasteiger partial charge in [0.25, 0.3) is 0 Å². The molecule has 3 N–H and O–H groups in total. The Labute approximate surface area is 215 Å². The first-order chi connectivity index (χ1) is 17.7. The highest BCUT2D eigenvalue weighted by molar-refractivity contribution is 6.11. The highest BCUT2D eigenvalue weighted by atomic mass is 19.4. The Morgan fingerprint density at radius 2 is 1.63 bits per heavy atom. The van der Waals surface area contributed by atoms with Crippen molar-refractivity contribution < 1.29 is 37.7 Å². The zero-order chi connectivity index (χ0) is 28.0. The summed E-state index contributed by atoms with van der Waals surface area (Å²) in [6.45, 7) is 6.54. The van der Waals surface area contributed by atoms with Crippen molar-refractivity contribution in [3.05, 3.63) is 71.5 Å². The average Bonchev–Trinajstić information content (AvgIpc) is 3.24. The number of aromatic amines is 1. The van der Waals surface area contributed by atoms with E-state index in [9.17, 15) is 33.0 Å². The number of carboxylic acids is 2. The summed E-state index contributed by atoms with van der Waals surface area (Å²) in [5, 5.41) is 20.3. The molecule has 0 saturated heterocycles. The van der Waals surface area contributed by atoms with Gasteiger partial charge in [0.05, 0.1) is 22.8 Å². The fourth-order valence-electron chi connectivity index (χ4n) is 4.39. The van der Waals surface area contributed by atoms with Crippen molar-refractivity contribution in [1.82, 2.24) is 9.97 Å². The van der Waals surface area contributed by atoms with Crippen molar-refractivity contribution in [2.45, 2.75) is 45.4 Å². The number of carbonyl (C=O) groups is 2. The van der Waals surface area contributed by atoms with Crippen LogP contribution in [0.5, 0.6) is 5.75 Å². The van der Waals surface area contributed by atoms with Crippen LogP contribution < -0.4 is 4.74 Å². The molecule has 38 heavy (non-hydrogen) atoms. The SMILES string of the molecule is CC(C)Oc1ccc(-c2c(-c3ccc(C(F)(F)F)cn3)ccc3[nH]c(C(=O)O)c(C(C)(C)C(=O)O)c23)cc1. The van der Waals surface area contributed by atoms with Gasteiger partial charge in [0.2, 0.25) is 0 Å². The van der Waals surface area contributed by atoms with E-state index < -0.39 is 29.1 Å². The minimum atomic E-state index is -4.57. The summed E-state index contributed by atoms with van der Waals surface area (Å²) in [4.78, 5) is 31.3. The Kier molecular flexibility index (Phi) is 6.69. The number of benzene rings is 2. The Hall–Kier alpha value is -4.34. The average molecular weight is 527 g/mol. The largest absolute Gasteiger partial charge is 0.491 e. The van der Waals surface area contributed by atoms with Crippen LogP contribution in [0.15, 0.2) is 54.7 Å². The summed E-state index contributed by atoms with van der Waals surface area (Å²) < 4.78 is 45.2. The van der Waals surface area contributed by atoms with Crippen LogP contribution in [0.1, 0.15) is 49.3 Å². The van der Waals surface area contributed by atoms with E-state index in [-0.39, 0.29) is 23.1 Å². The zero-order valence-corrected chi connectivity index (χ0v) is 21.0. The molecule has 0 aliphatic heterocycles. The molecule has 0 amide bonds. The number of fused-ring (bicyclic) bond motifs is 1. The van der Waals surface area contributed by atoms with E-state index >= 15 is 0 Å². The molecular weight excluding hydrogens is 501 g/mol.